The van der Waals surface area contributed by atoms with E-state index < -0.39 is 0 Å². The van der Waals surface area contributed by atoms with E-state index in [2.05, 4.69) is 20.7 Å². The van der Waals surface area contributed by atoms with Crippen molar-refractivity contribution in [2.45, 2.75) is 25.8 Å². The fraction of sp³-hybridized carbons (Fsp3) is 0.214. The quantitative estimate of drug-likeness (QED) is 0.351. The van der Waals surface area contributed by atoms with E-state index in [1.807, 2.05) is 48.9 Å². The molecule has 6 rings (SSSR count). The van der Waals surface area contributed by atoms with Crippen LogP contribution < -0.4 is 10.6 Å². The van der Waals surface area contributed by atoms with E-state index in [0.717, 1.165) is 29.3 Å². The summed E-state index contributed by atoms with van der Waals surface area (Å²) in [6.07, 6.45) is 5.34. The van der Waals surface area contributed by atoms with Gasteiger partial charge in [0.1, 0.15) is 5.82 Å². The second-order valence-electron chi connectivity index (χ2n) is 9.55. The fourth-order valence-electron chi connectivity index (χ4n) is 4.54. The number of aryl methyl sites for hydroxylation is 1. The summed E-state index contributed by atoms with van der Waals surface area (Å²) in [7, 11) is 1.89. The molecule has 1 saturated carbocycles. The van der Waals surface area contributed by atoms with Crippen molar-refractivity contribution >= 4 is 34.2 Å². The first-order chi connectivity index (χ1) is 17.9. The molecule has 2 N–H and O–H groups in total. The first kappa shape index (κ1) is 22.9. The molecule has 1 aliphatic rings. The van der Waals surface area contributed by atoms with Crippen molar-refractivity contribution in [2.75, 3.05) is 5.32 Å². The lowest BCUT2D eigenvalue weighted by Gasteiger charge is -2.14. The van der Waals surface area contributed by atoms with Crippen molar-refractivity contribution in [1.29, 1.82) is 0 Å². The van der Waals surface area contributed by atoms with E-state index in [4.69, 9.17) is 0 Å². The largest absolute Gasteiger partial charge is 0.350 e. The highest BCUT2D eigenvalue weighted by molar-refractivity contribution is 6.08. The molecule has 8 nitrogen and oxygen atoms in total. The molecule has 3 aromatic heterocycles. The summed E-state index contributed by atoms with van der Waals surface area (Å²) in [6, 6.07) is 15.4. The summed E-state index contributed by atoms with van der Waals surface area (Å²) in [4.78, 5) is 29.7. The summed E-state index contributed by atoms with van der Waals surface area (Å²) in [5.74, 6) is -0.0157. The van der Waals surface area contributed by atoms with E-state index in [9.17, 15) is 14.0 Å². The number of anilines is 1. The molecule has 1 aliphatic carbocycles. The summed E-state index contributed by atoms with van der Waals surface area (Å²) in [5, 5.41) is 11.3. The molecule has 2 amide bonds. The van der Waals surface area contributed by atoms with Crippen LogP contribution in [0.2, 0.25) is 0 Å². The monoisotopic (exact) mass is 496 g/mol. The average molecular weight is 497 g/mol. The first-order valence-electron chi connectivity index (χ1n) is 12.2. The smallest absolute Gasteiger partial charge is 0.253 e. The van der Waals surface area contributed by atoms with Gasteiger partial charge in [0, 0.05) is 35.6 Å². The van der Waals surface area contributed by atoms with Gasteiger partial charge in [0.25, 0.3) is 5.91 Å². The molecule has 1 fully saturated rings. The number of carbonyl (C=O) groups excluding carboxylic acids is 2. The van der Waals surface area contributed by atoms with Crippen molar-refractivity contribution in [2.24, 2.45) is 13.0 Å². The Morgan fingerprint density at radius 3 is 2.70 bits per heavy atom. The maximum Gasteiger partial charge on any atom is 0.253 e. The number of imidazole rings is 1. The van der Waals surface area contributed by atoms with Crippen molar-refractivity contribution < 1.29 is 14.0 Å². The van der Waals surface area contributed by atoms with Crippen LogP contribution in [-0.4, -0.2) is 31.0 Å². The highest BCUT2D eigenvalue weighted by atomic mass is 19.1. The number of hydrogen-bond acceptors (Lipinski definition) is 4. The molecule has 186 valence electrons. The third-order valence-corrected chi connectivity index (χ3v) is 6.75. The molecule has 0 unspecified atom stereocenters. The molecule has 0 bridgehead atoms. The van der Waals surface area contributed by atoms with E-state index >= 15 is 0 Å². The number of halogens is 1. The minimum absolute atomic E-state index is 0.00400. The Bertz CT molecular complexity index is 1680. The van der Waals surface area contributed by atoms with Gasteiger partial charge in [-0.3, -0.25) is 9.59 Å². The van der Waals surface area contributed by atoms with Crippen molar-refractivity contribution in [1.82, 2.24) is 24.5 Å². The Labute approximate surface area is 212 Å². The van der Waals surface area contributed by atoms with Crippen LogP contribution in [0.1, 0.15) is 41.7 Å². The van der Waals surface area contributed by atoms with Gasteiger partial charge in [-0.25, -0.2) is 13.9 Å². The number of fused-ring (bicyclic) bond motifs is 2. The number of benzene rings is 2. The standard InChI is InChI=1S/C28H25FN6O2/c1-16(18-4-3-5-20(29)12-18)30-28(37)22-14-34(2)24-10-8-19(13-21(22)24)23-9-11-26-31-25(15-35(26)33-23)32-27(36)17-6-7-17/h3-5,8-17H,6-7H2,1-2H3,(H,30,37)(H,32,36)/t16-/m0/s1. The van der Waals surface area contributed by atoms with Gasteiger partial charge in [0.2, 0.25) is 5.91 Å². The Balaban J connectivity index is 1.29. The molecule has 2 aromatic carbocycles. The van der Waals surface area contributed by atoms with Gasteiger partial charge in [-0.05, 0) is 61.7 Å². The van der Waals surface area contributed by atoms with Crippen LogP contribution in [0.3, 0.4) is 0 Å². The SMILES string of the molecule is C[C@H](NC(=O)c1cn(C)c2ccc(-c3ccc4nc(NC(=O)C5CC5)cn4n3)cc12)c1cccc(F)c1. The van der Waals surface area contributed by atoms with Crippen molar-refractivity contribution in [3.8, 4) is 11.3 Å². The number of aromatic nitrogens is 4. The minimum Gasteiger partial charge on any atom is -0.350 e. The van der Waals surface area contributed by atoms with Gasteiger partial charge in [-0.15, -0.1) is 0 Å². The second kappa shape index (κ2) is 8.85. The lowest BCUT2D eigenvalue weighted by atomic mass is 10.1. The lowest BCUT2D eigenvalue weighted by Crippen LogP contribution is -2.26. The van der Waals surface area contributed by atoms with Crippen molar-refractivity contribution in [3.63, 3.8) is 0 Å². The highest BCUT2D eigenvalue weighted by Crippen LogP contribution is 2.30. The zero-order chi connectivity index (χ0) is 25.7. The van der Waals surface area contributed by atoms with Crippen LogP contribution in [0.25, 0.3) is 27.8 Å². The maximum atomic E-state index is 13.6. The summed E-state index contributed by atoms with van der Waals surface area (Å²) in [5.41, 5.74) is 4.29. The molecular weight excluding hydrogens is 471 g/mol. The van der Waals surface area contributed by atoms with Gasteiger partial charge in [0.05, 0.1) is 23.5 Å². The first-order valence-corrected chi connectivity index (χ1v) is 12.2. The van der Waals surface area contributed by atoms with Gasteiger partial charge >= 0.3 is 0 Å². The predicted molar refractivity (Wildman–Crippen MR) is 139 cm³/mol. The normalized spacial score (nSPS) is 14.1. The topological polar surface area (TPSA) is 93.3 Å². The molecule has 1 atom stereocenters. The zero-order valence-electron chi connectivity index (χ0n) is 20.4. The summed E-state index contributed by atoms with van der Waals surface area (Å²) < 4.78 is 17.2. The number of rotatable bonds is 6. The fourth-order valence-corrected chi connectivity index (χ4v) is 4.54. The van der Waals surface area contributed by atoms with Crippen LogP contribution in [0.15, 0.2) is 67.0 Å². The van der Waals surface area contributed by atoms with Crippen LogP contribution in [-0.2, 0) is 11.8 Å². The summed E-state index contributed by atoms with van der Waals surface area (Å²) >= 11 is 0. The Hall–Kier alpha value is -4.53. The van der Waals surface area contributed by atoms with E-state index in [0.29, 0.717) is 28.3 Å². The Morgan fingerprint density at radius 1 is 1.08 bits per heavy atom. The molecule has 0 radical (unpaired) electrons. The molecule has 0 aliphatic heterocycles. The number of nitrogens with zero attached hydrogens (tertiary/aromatic N) is 4. The molecule has 5 aromatic rings. The maximum absolute atomic E-state index is 13.6. The highest BCUT2D eigenvalue weighted by Gasteiger charge is 2.30. The number of carbonyl (C=O) groups is 2. The van der Waals surface area contributed by atoms with Crippen LogP contribution in [0.5, 0.6) is 0 Å². The minimum atomic E-state index is -0.360. The third-order valence-electron chi connectivity index (χ3n) is 6.75. The lowest BCUT2D eigenvalue weighted by molar-refractivity contribution is -0.117. The van der Waals surface area contributed by atoms with Gasteiger partial charge < -0.3 is 15.2 Å². The number of amides is 2. The molecule has 0 spiro atoms. The molecular formula is C28H25FN6O2. The van der Waals surface area contributed by atoms with Gasteiger partial charge in [0.15, 0.2) is 11.5 Å². The van der Waals surface area contributed by atoms with E-state index in [-0.39, 0.29) is 29.6 Å². The molecule has 0 saturated heterocycles. The second-order valence-corrected chi connectivity index (χ2v) is 9.55. The number of hydrogen-bond donors (Lipinski definition) is 2. The Morgan fingerprint density at radius 2 is 1.92 bits per heavy atom. The van der Waals surface area contributed by atoms with E-state index in [1.54, 1.807) is 29.0 Å². The van der Waals surface area contributed by atoms with Crippen molar-refractivity contribution in [3.05, 3.63) is 83.9 Å². The van der Waals surface area contributed by atoms with Gasteiger partial charge in [-0.1, -0.05) is 18.2 Å². The third kappa shape index (κ3) is 4.44. The van der Waals surface area contributed by atoms with Gasteiger partial charge in [-0.2, -0.15) is 5.10 Å². The number of nitrogens with one attached hydrogen (secondary N) is 2. The molecule has 9 heteroatoms. The molecule has 3 heterocycles. The van der Waals surface area contributed by atoms with Crippen LogP contribution >= 0.6 is 0 Å². The predicted octanol–water partition coefficient (Wildman–Crippen LogP) is 4.87. The van der Waals surface area contributed by atoms with Crippen LogP contribution in [0.4, 0.5) is 10.2 Å². The summed E-state index contributed by atoms with van der Waals surface area (Å²) in [6.45, 7) is 1.83. The van der Waals surface area contributed by atoms with E-state index in [1.165, 1.54) is 12.1 Å². The van der Waals surface area contributed by atoms with Crippen LogP contribution in [0, 0.1) is 11.7 Å². The molecule has 37 heavy (non-hydrogen) atoms. The zero-order valence-corrected chi connectivity index (χ0v) is 20.4. The average Bonchev–Trinajstić information content (AvgIpc) is 3.59. The Kier molecular flexibility index (Phi) is 5.48.